The summed E-state index contributed by atoms with van der Waals surface area (Å²) < 4.78 is 5.57. The highest BCUT2D eigenvalue weighted by molar-refractivity contribution is 5.96. The predicted octanol–water partition coefficient (Wildman–Crippen LogP) is 3.38. The molecule has 32 heavy (non-hydrogen) atoms. The second-order valence-electron chi connectivity index (χ2n) is 7.53. The number of hydrogen-bond donors (Lipinski definition) is 4. The van der Waals surface area contributed by atoms with Crippen LogP contribution in [0, 0.1) is 0 Å². The third-order valence-corrected chi connectivity index (χ3v) is 4.81. The van der Waals surface area contributed by atoms with E-state index in [4.69, 9.17) is 4.74 Å². The number of fused-ring (bicyclic) bond motifs is 1. The zero-order chi connectivity index (χ0) is 23.3. The third kappa shape index (κ3) is 8.53. The first-order valence-electron chi connectivity index (χ1n) is 10.7. The van der Waals surface area contributed by atoms with Gasteiger partial charge in [-0.15, -0.1) is 0 Å². The van der Waals surface area contributed by atoms with Crippen LogP contribution >= 0.6 is 0 Å². The maximum atomic E-state index is 12.8. The lowest BCUT2D eigenvalue weighted by atomic mass is 9.99. The molecule has 3 atom stereocenters. The molecule has 0 saturated carbocycles. The number of carbonyl (C=O) groups is 2. The van der Waals surface area contributed by atoms with Gasteiger partial charge < -0.3 is 25.4 Å². The number of benzene rings is 1. The smallest absolute Gasteiger partial charge is 0.342 e. The van der Waals surface area contributed by atoms with Gasteiger partial charge in [0.2, 0.25) is 5.91 Å². The van der Waals surface area contributed by atoms with E-state index in [1.807, 2.05) is 13.0 Å². The normalized spacial score (nSPS) is 23.5. The Balaban J connectivity index is 2.11. The van der Waals surface area contributed by atoms with E-state index in [1.165, 1.54) is 18.3 Å². The quantitative estimate of drug-likeness (QED) is 0.306. The van der Waals surface area contributed by atoms with E-state index in [9.17, 15) is 24.9 Å². The van der Waals surface area contributed by atoms with Crippen LogP contribution in [0.15, 0.2) is 60.9 Å². The molecular weight excluding hydrogens is 410 g/mol. The minimum Gasteiger partial charge on any atom is -0.507 e. The lowest BCUT2D eigenvalue weighted by molar-refractivity contribution is -0.115. The molecule has 0 fully saturated rings. The molecule has 0 aromatic heterocycles. The molecule has 172 valence electrons. The Morgan fingerprint density at radius 2 is 2.00 bits per heavy atom. The number of ether oxygens (including phenoxy) is 1. The van der Waals surface area contributed by atoms with Crippen molar-refractivity contribution < 1.29 is 29.6 Å². The maximum Gasteiger partial charge on any atom is 0.342 e. The minimum atomic E-state index is -0.879. The fraction of sp³-hybridized carbons (Fsp3) is 0.360. The van der Waals surface area contributed by atoms with E-state index < -0.39 is 24.3 Å². The number of phenolic OH excluding ortho intramolecular Hbond substituents is 1. The molecule has 1 heterocycles. The first kappa shape index (κ1) is 25.1. The highest BCUT2D eigenvalue weighted by atomic mass is 16.5. The molecule has 2 rings (SSSR count). The van der Waals surface area contributed by atoms with Crippen molar-refractivity contribution >= 4 is 18.0 Å². The van der Waals surface area contributed by atoms with Crippen molar-refractivity contribution in [2.24, 2.45) is 0 Å². The summed E-state index contributed by atoms with van der Waals surface area (Å²) in [5.74, 6) is -1.21. The number of esters is 1. The Morgan fingerprint density at radius 3 is 2.78 bits per heavy atom. The van der Waals surface area contributed by atoms with Gasteiger partial charge in [0.15, 0.2) is 0 Å². The third-order valence-electron chi connectivity index (χ3n) is 4.81. The van der Waals surface area contributed by atoms with Gasteiger partial charge in [0.1, 0.15) is 17.4 Å². The van der Waals surface area contributed by atoms with Crippen LogP contribution in [-0.2, 0) is 9.53 Å². The molecule has 4 N–H and O–H groups in total. The van der Waals surface area contributed by atoms with Gasteiger partial charge in [0.05, 0.1) is 12.2 Å². The molecule has 1 amide bonds. The Kier molecular flexibility index (Phi) is 10.4. The minimum absolute atomic E-state index is 0.0286. The largest absolute Gasteiger partial charge is 0.507 e. The number of aliphatic hydroxyl groups excluding tert-OH is 2. The molecule has 1 aliphatic rings. The summed E-state index contributed by atoms with van der Waals surface area (Å²) >= 11 is 0. The summed E-state index contributed by atoms with van der Waals surface area (Å²) in [6.45, 7) is 2.00. The zero-order valence-electron chi connectivity index (χ0n) is 18.2. The first-order valence-corrected chi connectivity index (χ1v) is 10.7. The Hall–Kier alpha value is -3.16. The van der Waals surface area contributed by atoms with Gasteiger partial charge in [-0.1, -0.05) is 55.5 Å². The number of allylic oxidation sites excluding steroid dienone is 3. The first-order chi connectivity index (χ1) is 15.4. The van der Waals surface area contributed by atoms with Crippen molar-refractivity contribution in [1.29, 1.82) is 0 Å². The van der Waals surface area contributed by atoms with Crippen LogP contribution in [0.5, 0.6) is 5.75 Å². The van der Waals surface area contributed by atoms with Crippen LogP contribution in [0.1, 0.15) is 54.9 Å². The van der Waals surface area contributed by atoms with Crippen molar-refractivity contribution in [3.8, 4) is 5.75 Å². The van der Waals surface area contributed by atoms with Crippen molar-refractivity contribution in [2.75, 3.05) is 0 Å². The number of aliphatic hydroxyl groups is 2. The monoisotopic (exact) mass is 441 g/mol. The molecule has 0 aliphatic carbocycles. The van der Waals surface area contributed by atoms with Gasteiger partial charge in [-0.3, -0.25) is 4.79 Å². The van der Waals surface area contributed by atoms with Crippen molar-refractivity contribution in [3.05, 3.63) is 72.0 Å². The number of carbonyl (C=O) groups excluding carboxylic acids is 2. The summed E-state index contributed by atoms with van der Waals surface area (Å²) in [6, 6.07) is 4.69. The van der Waals surface area contributed by atoms with E-state index in [2.05, 4.69) is 5.32 Å². The van der Waals surface area contributed by atoms with Crippen LogP contribution in [0.3, 0.4) is 0 Å². The van der Waals surface area contributed by atoms with Crippen LogP contribution < -0.4 is 5.32 Å². The Labute approximate surface area is 188 Å². The number of phenols is 1. The SMILES string of the molecule is CC/C=C\C=C/C(=O)N/C=C/C[C@H]1C[C@H](O)C[C@H](O)C/C=C/c2cccc(O)c2C(=O)O1. The second-order valence-corrected chi connectivity index (χ2v) is 7.53. The molecule has 1 aromatic carbocycles. The molecular formula is C25H31NO6. The van der Waals surface area contributed by atoms with E-state index in [0.717, 1.165) is 6.42 Å². The highest BCUT2D eigenvalue weighted by Gasteiger charge is 2.24. The number of rotatable bonds is 6. The van der Waals surface area contributed by atoms with Crippen molar-refractivity contribution in [3.63, 3.8) is 0 Å². The van der Waals surface area contributed by atoms with E-state index in [0.29, 0.717) is 12.0 Å². The summed E-state index contributed by atoms with van der Waals surface area (Å²) in [5.41, 5.74) is 0.509. The molecule has 1 aliphatic heterocycles. The predicted molar refractivity (Wildman–Crippen MR) is 123 cm³/mol. The van der Waals surface area contributed by atoms with Gasteiger partial charge in [0.25, 0.3) is 0 Å². The van der Waals surface area contributed by atoms with E-state index in [-0.39, 0.29) is 36.5 Å². The van der Waals surface area contributed by atoms with Gasteiger partial charge >= 0.3 is 5.97 Å². The summed E-state index contributed by atoms with van der Waals surface area (Å²) in [7, 11) is 0. The molecule has 0 radical (unpaired) electrons. The van der Waals surface area contributed by atoms with Gasteiger partial charge in [0, 0.05) is 25.1 Å². The number of hydrogen-bond acceptors (Lipinski definition) is 6. The molecule has 0 saturated heterocycles. The number of amides is 1. The van der Waals surface area contributed by atoms with Crippen molar-refractivity contribution in [2.45, 2.75) is 57.3 Å². The standard InChI is InChI=1S/C25H31NO6/c1-2-3-4-5-14-23(30)26-15-8-12-21-17-20(28)16-19(27)11-6-9-18-10-7-13-22(29)24(18)25(31)32-21/h3-10,13-15,19-21,27-29H,2,11-12,16-17H2,1H3,(H,26,30)/b4-3-,9-6+,14-5-,15-8+/t19-,20-,21+/m1/s1. The average Bonchev–Trinajstić information content (AvgIpc) is 2.73. The lowest BCUT2D eigenvalue weighted by Gasteiger charge is -2.22. The van der Waals surface area contributed by atoms with Crippen LogP contribution in [0.4, 0.5) is 0 Å². The second kappa shape index (κ2) is 13.3. The molecule has 7 nitrogen and oxygen atoms in total. The van der Waals surface area contributed by atoms with Crippen LogP contribution in [0.2, 0.25) is 0 Å². The van der Waals surface area contributed by atoms with E-state index >= 15 is 0 Å². The van der Waals surface area contributed by atoms with Gasteiger partial charge in [-0.2, -0.15) is 0 Å². The maximum absolute atomic E-state index is 12.8. The summed E-state index contributed by atoms with van der Waals surface area (Å²) in [4.78, 5) is 24.5. The van der Waals surface area contributed by atoms with Gasteiger partial charge in [-0.25, -0.2) is 4.79 Å². The number of cyclic esters (lactones) is 1. The van der Waals surface area contributed by atoms with Crippen LogP contribution in [0.25, 0.3) is 6.08 Å². The van der Waals surface area contributed by atoms with Crippen LogP contribution in [-0.4, -0.2) is 45.5 Å². The zero-order valence-corrected chi connectivity index (χ0v) is 18.2. The fourth-order valence-corrected chi connectivity index (χ4v) is 3.25. The molecule has 0 unspecified atom stereocenters. The van der Waals surface area contributed by atoms with E-state index in [1.54, 1.807) is 42.5 Å². The molecule has 0 spiro atoms. The Bertz CT molecular complexity index is 886. The molecule has 0 bridgehead atoms. The highest BCUT2D eigenvalue weighted by Crippen LogP contribution is 2.26. The topological polar surface area (TPSA) is 116 Å². The van der Waals surface area contributed by atoms with Crippen molar-refractivity contribution in [1.82, 2.24) is 5.32 Å². The summed E-state index contributed by atoms with van der Waals surface area (Å²) in [6.07, 6.45) is 12.5. The molecule has 7 heteroatoms. The fourth-order valence-electron chi connectivity index (χ4n) is 3.25. The Morgan fingerprint density at radius 1 is 1.19 bits per heavy atom. The average molecular weight is 442 g/mol. The number of nitrogens with one attached hydrogen (secondary N) is 1. The molecule has 1 aromatic rings. The van der Waals surface area contributed by atoms with Gasteiger partial charge in [-0.05, 0) is 30.9 Å². The number of aromatic hydroxyl groups is 1. The lowest BCUT2D eigenvalue weighted by Crippen LogP contribution is -2.27. The summed E-state index contributed by atoms with van der Waals surface area (Å²) in [5, 5.41) is 33.2.